The van der Waals surface area contributed by atoms with Crippen molar-refractivity contribution in [3.63, 3.8) is 0 Å². The zero-order chi connectivity index (χ0) is 13.0. The van der Waals surface area contributed by atoms with Gasteiger partial charge in [-0.2, -0.15) is 0 Å². The molecule has 1 aromatic carbocycles. The number of alkyl halides is 1. The van der Waals surface area contributed by atoms with Crippen molar-refractivity contribution in [1.29, 1.82) is 0 Å². The Hall–Kier alpha value is -0.0200. The third-order valence-corrected chi connectivity index (χ3v) is 5.04. The molecule has 0 aromatic heterocycles. The lowest BCUT2D eigenvalue weighted by molar-refractivity contribution is 0.398. The lowest BCUT2D eigenvalue weighted by Gasteiger charge is -2.18. The second kappa shape index (κ2) is 6.95. The molecule has 0 amide bonds. The lowest BCUT2D eigenvalue weighted by atomic mass is 9.92. The van der Waals surface area contributed by atoms with E-state index in [1.165, 1.54) is 37.7 Å². The number of hydrogen-bond acceptors (Lipinski definition) is 1. The average Bonchev–Trinajstić information content (AvgIpc) is 2.54. The molecule has 2 rings (SSSR count). The number of rotatable bonds is 3. The van der Waals surface area contributed by atoms with Crippen LogP contribution in [0, 0.1) is 5.92 Å². The average molecular weight is 376 g/mol. The van der Waals surface area contributed by atoms with Crippen molar-refractivity contribution < 1.29 is 4.74 Å². The van der Waals surface area contributed by atoms with Gasteiger partial charge in [-0.25, -0.2) is 0 Å². The van der Waals surface area contributed by atoms with Crippen molar-refractivity contribution in [3.8, 4) is 5.75 Å². The predicted octanol–water partition coefficient (Wildman–Crippen LogP) is 5.34. The van der Waals surface area contributed by atoms with Gasteiger partial charge in [0, 0.05) is 9.30 Å². The van der Waals surface area contributed by atoms with E-state index in [1.807, 2.05) is 6.07 Å². The first kappa shape index (κ1) is 14.4. The minimum absolute atomic E-state index is 0.697. The van der Waals surface area contributed by atoms with Crippen LogP contribution in [0.15, 0.2) is 22.7 Å². The lowest BCUT2D eigenvalue weighted by Crippen LogP contribution is -2.09. The van der Waals surface area contributed by atoms with Gasteiger partial charge in [0.25, 0.3) is 0 Å². The van der Waals surface area contributed by atoms with E-state index in [0.29, 0.717) is 4.83 Å². The summed E-state index contributed by atoms with van der Waals surface area (Å²) in [5.41, 5.74) is 1.33. The zero-order valence-corrected chi connectivity index (χ0v) is 14.0. The predicted molar refractivity (Wildman–Crippen MR) is 83.7 cm³/mol. The van der Waals surface area contributed by atoms with Gasteiger partial charge >= 0.3 is 0 Å². The highest BCUT2D eigenvalue weighted by molar-refractivity contribution is 9.10. The van der Waals surface area contributed by atoms with E-state index in [-0.39, 0.29) is 0 Å². The Bertz CT molecular complexity index is 392. The molecule has 1 aliphatic carbocycles. The number of hydrogen-bond donors (Lipinski definition) is 0. The molecule has 1 nitrogen and oxygen atoms in total. The molecular weight excluding hydrogens is 356 g/mol. The molecule has 1 saturated carbocycles. The third kappa shape index (κ3) is 3.99. The summed E-state index contributed by atoms with van der Waals surface area (Å²) in [5.74, 6) is 1.80. The van der Waals surface area contributed by atoms with Crippen LogP contribution in [0.1, 0.15) is 37.7 Å². The van der Waals surface area contributed by atoms with Crippen LogP contribution in [0.3, 0.4) is 0 Å². The standard InChI is InChI=1S/C15H20Br2O/c1-18-15-7-6-14(17)10-12(15)8-11-4-2-3-5-13(16)9-11/h6-7,10-11,13H,2-5,8-9H2,1H3. The van der Waals surface area contributed by atoms with Crippen LogP contribution in [0.5, 0.6) is 5.75 Å². The van der Waals surface area contributed by atoms with Crippen LogP contribution in [0.4, 0.5) is 0 Å². The SMILES string of the molecule is COc1ccc(Br)cc1CC1CCCCC(Br)C1. The van der Waals surface area contributed by atoms with Crippen molar-refractivity contribution in [2.45, 2.75) is 43.4 Å². The molecule has 100 valence electrons. The Balaban J connectivity index is 2.09. The van der Waals surface area contributed by atoms with Crippen molar-refractivity contribution in [3.05, 3.63) is 28.2 Å². The summed E-state index contributed by atoms with van der Waals surface area (Å²) in [4.78, 5) is 0.697. The van der Waals surface area contributed by atoms with Crippen LogP contribution in [-0.4, -0.2) is 11.9 Å². The second-order valence-electron chi connectivity index (χ2n) is 5.14. The highest BCUT2D eigenvalue weighted by Gasteiger charge is 2.19. The molecule has 1 aromatic rings. The highest BCUT2D eigenvalue weighted by Crippen LogP contribution is 2.33. The number of benzene rings is 1. The molecule has 2 atom stereocenters. The summed E-state index contributed by atoms with van der Waals surface area (Å²) in [5, 5.41) is 0. The molecule has 1 aliphatic rings. The molecule has 0 heterocycles. The summed E-state index contributed by atoms with van der Waals surface area (Å²) < 4.78 is 6.61. The van der Waals surface area contributed by atoms with Gasteiger partial charge in [-0.15, -0.1) is 0 Å². The first-order valence-electron chi connectivity index (χ1n) is 6.65. The molecule has 2 unspecified atom stereocenters. The van der Waals surface area contributed by atoms with E-state index in [4.69, 9.17) is 4.74 Å². The maximum atomic E-state index is 5.47. The molecular formula is C15H20Br2O. The Morgan fingerprint density at radius 2 is 2.06 bits per heavy atom. The van der Waals surface area contributed by atoms with Crippen LogP contribution in [0.25, 0.3) is 0 Å². The van der Waals surface area contributed by atoms with Gasteiger partial charge in [-0.3, -0.25) is 0 Å². The van der Waals surface area contributed by atoms with Gasteiger partial charge in [0.2, 0.25) is 0 Å². The number of ether oxygens (including phenoxy) is 1. The van der Waals surface area contributed by atoms with E-state index in [2.05, 4.69) is 44.0 Å². The smallest absolute Gasteiger partial charge is 0.122 e. The Morgan fingerprint density at radius 3 is 2.83 bits per heavy atom. The summed E-state index contributed by atoms with van der Waals surface area (Å²) in [7, 11) is 1.76. The maximum Gasteiger partial charge on any atom is 0.122 e. The fourth-order valence-corrected chi connectivity index (χ4v) is 4.06. The maximum absolute atomic E-state index is 5.47. The van der Waals surface area contributed by atoms with E-state index >= 15 is 0 Å². The Labute approximate surface area is 127 Å². The first-order valence-corrected chi connectivity index (χ1v) is 8.36. The minimum atomic E-state index is 0.697. The largest absolute Gasteiger partial charge is 0.496 e. The van der Waals surface area contributed by atoms with Crippen molar-refractivity contribution in [2.75, 3.05) is 7.11 Å². The van der Waals surface area contributed by atoms with Gasteiger partial charge < -0.3 is 4.74 Å². The quantitative estimate of drug-likeness (QED) is 0.511. The molecule has 18 heavy (non-hydrogen) atoms. The van der Waals surface area contributed by atoms with Crippen LogP contribution < -0.4 is 4.74 Å². The molecule has 0 bridgehead atoms. The number of halogens is 2. The number of methoxy groups -OCH3 is 1. The molecule has 0 saturated heterocycles. The van der Waals surface area contributed by atoms with E-state index in [1.54, 1.807) is 7.11 Å². The van der Waals surface area contributed by atoms with E-state index in [0.717, 1.165) is 22.6 Å². The monoisotopic (exact) mass is 374 g/mol. The van der Waals surface area contributed by atoms with Gasteiger partial charge in [-0.05, 0) is 48.9 Å². The van der Waals surface area contributed by atoms with Gasteiger partial charge in [-0.1, -0.05) is 51.1 Å². The fourth-order valence-electron chi connectivity index (χ4n) is 2.80. The normalized spacial score (nSPS) is 24.6. The van der Waals surface area contributed by atoms with Gasteiger partial charge in [0.15, 0.2) is 0 Å². The molecule has 1 fully saturated rings. The van der Waals surface area contributed by atoms with Crippen molar-refractivity contribution in [2.24, 2.45) is 5.92 Å². The highest BCUT2D eigenvalue weighted by atomic mass is 79.9. The topological polar surface area (TPSA) is 9.23 Å². The third-order valence-electron chi connectivity index (χ3n) is 3.72. The first-order chi connectivity index (χ1) is 8.69. The van der Waals surface area contributed by atoms with Crippen molar-refractivity contribution in [1.82, 2.24) is 0 Å². The summed E-state index contributed by atoms with van der Waals surface area (Å²) >= 11 is 7.35. The van der Waals surface area contributed by atoms with Crippen molar-refractivity contribution >= 4 is 31.9 Å². The summed E-state index contributed by atoms with van der Waals surface area (Å²) in [6.45, 7) is 0. The van der Waals surface area contributed by atoms with Crippen LogP contribution in [0.2, 0.25) is 0 Å². The molecule has 0 aliphatic heterocycles. The van der Waals surface area contributed by atoms with Crippen LogP contribution in [-0.2, 0) is 6.42 Å². The molecule has 0 N–H and O–H groups in total. The minimum Gasteiger partial charge on any atom is -0.496 e. The fraction of sp³-hybridized carbons (Fsp3) is 0.600. The zero-order valence-electron chi connectivity index (χ0n) is 10.8. The van der Waals surface area contributed by atoms with E-state index in [9.17, 15) is 0 Å². The van der Waals surface area contributed by atoms with Gasteiger partial charge in [0.1, 0.15) is 5.75 Å². The Kier molecular flexibility index (Phi) is 5.56. The summed E-state index contributed by atoms with van der Waals surface area (Å²) in [6.07, 6.45) is 7.81. The summed E-state index contributed by atoms with van der Waals surface area (Å²) in [6, 6.07) is 6.30. The van der Waals surface area contributed by atoms with Crippen LogP contribution >= 0.6 is 31.9 Å². The Morgan fingerprint density at radius 1 is 1.28 bits per heavy atom. The molecule has 0 spiro atoms. The van der Waals surface area contributed by atoms with Gasteiger partial charge in [0.05, 0.1) is 7.11 Å². The van der Waals surface area contributed by atoms with E-state index < -0.39 is 0 Å². The second-order valence-corrected chi connectivity index (χ2v) is 7.35. The molecule has 0 radical (unpaired) electrons. The molecule has 3 heteroatoms.